The van der Waals surface area contributed by atoms with Gasteiger partial charge in [-0.05, 0) is 42.7 Å². The molecule has 2 N–H and O–H groups in total. The third-order valence-corrected chi connectivity index (χ3v) is 5.57. The van der Waals surface area contributed by atoms with E-state index in [0.29, 0.717) is 11.8 Å². The summed E-state index contributed by atoms with van der Waals surface area (Å²) in [6, 6.07) is 5.94. The molecule has 0 amide bonds. The molecule has 1 fully saturated rings. The number of ether oxygens (including phenoxy) is 1. The molecule has 0 spiro atoms. The first-order valence-corrected chi connectivity index (χ1v) is 9.18. The molecular weight excluding hydrogens is 336 g/mol. The molecule has 1 atom stereocenters. The molecule has 1 aliphatic rings. The van der Waals surface area contributed by atoms with Crippen LogP contribution < -0.4 is 10.1 Å². The van der Waals surface area contributed by atoms with Crippen molar-refractivity contribution in [2.45, 2.75) is 31.9 Å². The van der Waals surface area contributed by atoms with Gasteiger partial charge in [0.1, 0.15) is 11.6 Å². The zero-order chi connectivity index (χ0) is 17.4. The predicted molar refractivity (Wildman–Crippen MR) is 98.0 cm³/mol. The average Bonchev–Trinajstić information content (AvgIpc) is 3.05. The van der Waals surface area contributed by atoms with Gasteiger partial charge in [-0.2, -0.15) is 0 Å². The van der Waals surface area contributed by atoms with E-state index in [1.165, 1.54) is 0 Å². The topological polar surface area (TPSA) is 80.2 Å². The molecule has 7 heteroatoms. The summed E-state index contributed by atoms with van der Waals surface area (Å²) in [5, 5.41) is 15.4. The number of hydrogen-bond donors (Lipinski definition) is 2. The molecule has 130 valence electrons. The minimum Gasteiger partial charge on any atom is -0.481 e. The van der Waals surface area contributed by atoms with Gasteiger partial charge in [-0.15, -0.1) is 11.3 Å². The molecule has 4 rings (SSSR count). The second-order valence-corrected chi connectivity index (χ2v) is 7.31. The van der Waals surface area contributed by atoms with Crippen molar-refractivity contribution in [3.63, 3.8) is 0 Å². The van der Waals surface area contributed by atoms with E-state index in [1.807, 2.05) is 36.7 Å². The number of fused-ring (bicyclic) bond motifs is 1. The highest BCUT2D eigenvalue weighted by Gasteiger charge is 2.35. The van der Waals surface area contributed by atoms with Crippen molar-refractivity contribution in [2.75, 3.05) is 12.4 Å². The second kappa shape index (κ2) is 6.57. The van der Waals surface area contributed by atoms with Gasteiger partial charge in [0, 0.05) is 12.3 Å². The number of aliphatic hydroxyl groups excluding tert-OH is 1. The second-order valence-electron chi connectivity index (χ2n) is 6.40. The predicted octanol–water partition coefficient (Wildman–Crippen LogP) is 3.33. The standard InChI is InChI=1S/C18H20N4O2S/c1-10-20-14-5-6-25-17(14)18(21-10)22-16(12-7-13(23)8-12)11-3-4-15(24-2)19-9-11/h3-6,9,12-13,16,23H,7-8H2,1-2H3,(H,20,21,22). The molecule has 0 bridgehead atoms. The van der Waals surface area contributed by atoms with Gasteiger partial charge in [0.05, 0.1) is 29.5 Å². The summed E-state index contributed by atoms with van der Waals surface area (Å²) in [7, 11) is 1.61. The van der Waals surface area contributed by atoms with E-state index in [0.717, 1.165) is 40.3 Å². The number of rotatable bonds is 5. The highest BCUT2D eigenvalue weighted by molar-refractivity contribution is 7.17. The summed E-state index contributed by atoms with van der Waals surface area (Å²) in [5.41, 5.74) is 2.03. The number of methoxy groups -OCH3 is 1. The molecule has 3 aromatic rings. The van der Waals surface area contributed by atoms with Gasteiger partial charge in [0.2, 0.25) is 5.88 Å². The molecule has 6 nitrogen and oxygen atoms in total. The number of pyridine rings is 1. The van der Waals surface area contributed by atoms with Crippen LogP contribution in [0.4, 0.5) is 5.82 Å². The lowest BCUT2D eigenvalue weighted by molar-refractivity contribution is 0.0339. The van der Waals surface area contributed by atoms with Crippen molar-refractivity contribution >= 4 is 27.4 Å². The Bertz CT molecular complexity index is 874. The Balaban J connectivity index is 1.69. The summed E-state index contributed by atoms with van der Waals surface area (Å²) in [6.07, 6.45) is 3.18. The third kappa shape index (κ3) is 3.17. The van der Waals surface area contributed by atoms with Crippen molar-refractivity contribution < 1.29 is 9.84 Å². The summed E-state index contributed by atoms with van der Waals surface area (Å²) in [4.78, 5) is 13.4. The fourth-order valence-electron chi connectivity index (χ4n) is 3.30. The van der Waals surface area contributed by atoms with Crippen molar-refractivity contribution in [1.82, 2.24) is 15.0 Å². The summed E-state index contributed by atoms with van der Waals surface area (Å²) >= 11 is 1.63. The number of aliphatic hydroxyl groups is 1. The zero-order valence-electron chi connectivity index (χ0n) is 14.1. The zero-order valence-corrected chi connectivity index (χ0v) is 15.0. The molecule has 1 saturated carbocycles. The first kappa shape index (κ1) is 16.2. The normalized spacial score (nSPS) is 20.9. The quantitative estimate of drug-likeness (QED) is 0.730. The molecule has 1 unspecified atom stereocenters. The van der Waals surface area contributed by atoms with Crippen LogP contribution in [-0.4, -0.2) is 33.3 Å². The van der Waals surface area contributed by atoms with Crippen LogP contribution in [0.25, 0.3) is 10.2 Å². The van der Waals surface area contributed by atoms with Crippen LogP contribution >= 0.6 is 11.3 Å². The Kier molecular flexibility index (Phi) is 4.27. The van der Waals surface area contributed by atoms with Crippen molar-refractivity contribution in [2.24, 2.45) is 5.92 Å². The van der Waals surface area contributed by atoms with Crippen LogP contribution in [0.1, 0.15) is 30.3 Å². The maximum absolute atomic E-state index is 9.76. The Hall–Kier alpha value is -2.25. The Morgan fingerprint density at radius 2 is 2.12 bits per heavy atom. The van der Waals surface area contributed by atoms with Crippen LogP contribution in [0.2, 0.25) is 0 Å². The van der Waals surface area contributed by atoms with Gasteiger partial charge in [0.25, 0.3) is 0 Å². The van der Waals surface area contributed by atoms with E-state index in [2.05, 4.69) is 20.3 Å². The van der Waals surface area contributed by atoms with E-state index >= 15 is 0 Å². The Morgan fingerprint density at radius 3 is 2.80 bits per heavy atom. The van der Waals surface area contributed by atoms with Crippen LogP contribution in [0, 0.1) is 12.8 Å². The van der Waals surface area contributed by atoms with Gasteiger partial charge in [0.15, 0.2) is 0 Å². The number of thiophene rings is 1. The lowest BCUT2D eigenvalue weighted by atomic mass is 9.75. The summed E-state index contributed by atoms with van der Waals surface area (Å²) in [5.74, 6) is 2.53. The average molecular weight is 356 g/mol. The van der Waals surface area contributed by atoms with E-state index < -0.39 is 0 Å². The van der Waals surface area contributed by atoms with Gasteiger partial charge < -0.3 is 15.2 Å². The minimum absolute atomic E-state index is 0.0430. The number of aromatic nitrogens is 3. The molecule has 25 heavy (non-hydrogen) atoms. The first-order valence-electron chi connectivity index (χ1n) is 8.30. The largest absolute Gasteiger partial charge is 0.481 e. The Labute approximate surface area is 149 Å². The van der Waals surface area contributed by atoms with Crippen LogP contribution in [0.5, 0.6) is 5.88 Å². The molecule has 3 aromatic heterocycles. The van der Waals surface area contributed by atoms with Crippen LogP contribution in [-0.2, 0) is 0 Å². The van der Waals surface area contributed by atoms with Crippen molar-refractivity contribution in [3.05, 3.63) is 41.2 Å². The number of nitrogens with zero attached hydrogens (tertiary/aromatic N) is 3. The fourth-order valence-corrected chi connectivity index (χ4v) is 4.08. The van der Waals surface area contributed by atoms with E-state index in [-0.39, 0.29) is 12.1 Å². The van der Waals surface area contributed by atoms with Crippen LogP contribution in [0.15, 0.2) is 29.8 Å². The number of nitrogens with one attached hydrogen (secondary N) is 1. The highest BCUT2D eigenvalue weighted by atomic mass is 32.1. The van der Waals surface area contributed by atoms with Gasteiger partial charge >= 0.3 is 0 Å². The number of anilines is 1. The molecule has 0 aliphatic heterocycles. The van der Waals surface area contributed by atoms with Gasteiger partial charge in [-0.3, -0.25) is 0 Å². The third-order valence-electron chi connectivity index (χ3n) is 4.66. The lowest BCUT2D eigenvalue weighted by Crippen LogP contribution is -2.36. The van der Waals surface area contributed by atoms with E-state index in [4.69, 9.17) is 4.74 Å². The lowest BCUT2D eigenvalue weighted by Gasteiger charge is -2.38. The molecule has 0 saturated heterocycles. The first-order chi connectivity index (χ1) is 12.1. The maximum atomic E-state index is 9.76. The fraction of sp³-hybridized carbons (Fsp3) is 0.389. The number of hydrogen-bond acceptors (Lipinski definition) is 7. The smallest absolute Gasteiger partial charge is 0.212 e. The maximum Gasteiger partial charge on any atom is 0.212 e. The van der Waals surface area contributed by atoms with Crippen LogP contribution in [0.3, 0.4) is 0 Å². The highest BCUT2D eigenvalue weighted by Crippen LogP contribution is 2.41. The van der Waals surface area contributed by atoms with Gasteiger partial charge in [-0.1, -0.05) is 6.07 Å². The van der Waals surface area contributed by atoms with Crippen molar-refractivity contribution in [1.29, 1.82) is 0 Å². The van der Waals surface area contributed by atoms with Crippen molar-refractivity contribution in [3.8, 4) is 5.88 Å². The Morgan fingerprint density at radius 1 is 1.28 bits per heavy atom. The number of aryl methyl sites for hydroxylation is 1. The summed E-state index contributed by atoms with van der Waals surface area (Å²) in [6.45, 7) is 1.90. The minimum atomic E-state index is -0.214. The molecule has 3 heterocycles. The van der Waals surface area contributed by atoms with E-state index in [1.54, 1.807) is 18.4 Å². The molecule has 0 radical (unpaired) electrons. The van der Waals surface area contributed by atoms with Gasteiger partial charge in [-0.25, -0.2) is 15.0 Å². The monoisotopic (exact) mass is 356 g/mol. The summed E-state index contributed by atoms with van der Waals surface area (Å²) < 4.78 is 6.21. The molecule has 1 aliphatic carbocycles. The van der Waals surface area contributed by atoms with E-state index in [9.17, 15) is 5.11 Å². The SMILES string of the molecule is COc1ccc(C(Nc2nc(C)nc3ccsc23)C2CC(O)C2)cn1. The molecule has 0 aromatic carbocycles. The molecular formula is C18H20N4O2S.